The standard InChI is InChI=1S/C21H20N4O4/c1-14(26)15-5-7-16(8-6-15)22-20(27)18-17-4-2-3-9-25(17)19(23-18)21(28)24-10-12-29-13-11-24/h2-9H,10-13H2,1H3,(H,22,27). The van der Waals surface area contributed by atoms with Gasteiger partial charge in [0.25, 0.3) is 11.8 Å². The summed E-state index contributed by atoms with van der Waals surface area (Å²) < 4.78 is 6.93. The first-order valence-corrected chi connectivity index (χ1v) is 9.31. The highest BCUT2D eigenvalue weighted by Crippen LogP contribution is 2.18. The second-order valence-electron chi connectivity index (χ2n) is 6.73. The molecule has 2 aromatic heterocycles. The van der Waals surface area contributed by atoms with E-state index in [-0.39, 0.29) is 23.2 Å². The summed E-state index contributed by atoms with van der Waals surface area (Å²) in [6.45, 7) is 3.43. The third-order valence-corrected chi connectivity index (χ3v) is 4.80. The molecule has 0 radical (unpaired) electrons. The molecule has 1 aromatic carbocycles. The molecule has 0 atom stereocenters. The molecule has 4 rings (SSSR count). The molecule has 1 fully saturated rings. The second kappa shape index (κ2) is 7.84. The number of Topliss-reactive ketones (excluding diaryl/α,β-unsaturated/α-hetero) is 1. The van der Waals surface area contributed by atoms with Crippen molar-refractivity contribution in [3.8, 4) is 0 Å². The van der Waals surface area contributed by atoms with Crippen LogP contribution in [-0.4, -0.2) is 58.2 Å². The van der Waals surface area contributed by atoms with Gasteiger partial charge in [0.15, 0.2) is 11.5 Å². The molecule has 8 heteroatoms. The smallest absolute Gasteiger partial charge is 0.290 e. The van der Waals surface area contributed by atoms with Crippen LogP contribution in [0.25, 0.3) is 5.52 Å². The van der Waals surface area contributed by atoms with Crippen molar-refractivity contribution in [1.29, 1.82) is 0 Å². The first-order chi connectivity index (χ1) is 14.0. The van der Waals surface area contributed by atoms with Crippen LogP contribution < -0.4 is 5.32 Å². The minimum Gasteiger partial charge on any atom is -0.378 e. The van der Waals surface area contributed by atoms with E-state index in [1.807, 2.05) is 0 Å². The number of carbonyl (C=O) groups is 3. The zero-order valence-corrected chi connectivity index (χ0v) is 15.9. The number of rotatable bonds is 4. The van der Waals surface area contributed by atoms with E-state index < -0.39 is 5.91 Å². The Morgan fingerprint density at radius 1 is 1.03 bits per heavy atom. The number of amides is 2. The van der Waals surface area contributed by atoms with Gasteiger partial charge in [0, 0.05) is 30.5 Å². The monoisotopic (exact) mass is 392 g/mol. The van der Waals surface area contributed by atoms with E-state index in [0.717, 1.165) is 0 Å². The van der Waals surface area contributed by atoms with E-state index in [9.17, 15) is 14.4 Å². The van der Waals surface area contributed by atoms with Gasteiger partial charge < -0.3 is 15.0 Å². The van der Waals surface area contributed by atoms with Crippen LogP contribution in [0.4, 0.5) is 5.69 Å². The molecule has 1 aliphatic rings. The van der Waals surface area contributed by atoms with Crippen LogP contribution in [0.15, 0.2) is 48.7 Å². The number of ether oxygens (including phenoxy) is 1. The Balaban J connectivity index is 1.64. The van der Waals surface area contributed by atoms with Crippen LogP contribution >= 0.6 is 0 Å². The number of ketones is 1. The zero-order chi connectivity index (χ0) is 20.4. The minimum absolute atomic E-state index is 0.0470. The summed E-state index contributed by atoms with van der Waals surface area (Å²) in [4.78, 5) is 43.2. The topological polar surface area (TPSA) is 93.0 Å². The Labute approximate surface area is 167 Å². The summed E-state index contributed by atoms with van der Waals surface area (Å²) >= 11 is 0. The largest absolute Gasteiger partial charge is 0.378 e. The normalized spacial score (nSPS) is 14.0. The SMILES string of the molecule is CC(=O)c1ccc(NC(=O)c2nc(C(=O)N3CCOCC3)n3ccccc23)cc1. The number of fused-ring (bicyclic) bond motifs is 1. The molecule has 8 nitrogen and oxygen atoms in total. The van der Waals surface area contributed by atoms with Gasteiger partial charge in [-0.3, -0.25) is 18.8 Å². The predicted molar refractivity (Wildman–Crippen MR) is 106 cm³/mol. The van der Waals surface area contributed by atoms with Crippen molar-refractivity contribution in [3.63, 3.8) is 0 Å². The maximum absolute atomic E-state index is 12.9. The molecule has 0 spiro atoms. The molecule has 0 unspecified atom stereocenters. The fraction of sp³-hybridized carbons (Fsp3) is 0.238. The number of anilines is 1. The van der Waals surface area contributed by atoms with Crippen LogP contribution in [0.1, 0.15) is 38.4 Å². The van der Waals surface area contributed by atoms with Crippen LogP contribution in [0.2, 0.25) is 0 Å². The molecular formula is C21H20N4O4. The molecule has 0 saturated carbocycles. The van der Waals surface area contributed by atoms with Gasteiger partial charge >= 0.3 is 0 Å². The van der Waals surface area contributed by atoms with Crippen molar-refractivity contribution >= 4 is 28.8 Å². The first-order valence-electron chi connectivity index (χ1n) is 9.31. The average molecular weight is 392 g/mol. The van der Waals surface area contributed by atoms with E-state index in [1.54, 1.807) is 58.0 Å². The van der Waals surface area contributed by atoms with Crippen LogP contribution in [0.5, 0.6) is 0 Å². The van der Waals surface area contributed by atoms with Crippen LogP contribution in [0, 0.1) is 0 Å². The summed E-state index contributed by atoms with van der Waals surface area (Å²) in [6.07, 6.45) is 1.72. The first kappa shape index (κ1) is 18.8. The van der Waals surface area contributed by atoms with Crippen LogP contribution in [0.3, 0.4) is 0 Å². The van der Waals surface area contributed by atoms with Gasteiger partial charge in [0.2, 0.25) is 5.82 Å². The predicted octanol–water partition coefficient (Wildman–Crippen LogP) is 2.26. The number of carbonyl (C=O) groups excluding carboxylic acids is 3. The van der Waals surface area contributed by atoms with Crippen molar-refractivity contribution in [2.75, 3.05) is 31.6 Å². The number of aromatic nitrogens is 2. The van der Waals surface area contributed by atoms with Gasteiger partial charge in [-0.15, -0.1) is 0 Å². The molecule has 1 N–H and O–H groups in total. The zero-order valence-electron chi connectivity index (χ0n) is 15.9. The Hall–Kier alpha value is -3.52. The van der Waals surface area contributed by atoms with Crippen molar-refractivity contribution in [1.82, 2.24) is 14.3 Å². The molecule has 148 valence electrons. The summed E-state index contributed by atoms with van der Waals surface area (Å²) in [5.74, 6) is -0.515. The maximum Gasteiger partial charge on any atom is 0.290 e. The number of nitrogens with one attached hydrogen (secondary N) is 1. The number of imidazole rings is 1. The van der Waals surface area contributed by atoms with E-state index >= 15 is 0 Å². The number of hydrogen-bond acceptors (Lipinski definition) is 5. The minimum atomic E-state index is -0.426. The highest BCUT2D eigenvalue weighted by molar-refractivity contribution is 6.09. The maximum atomic E-state index is 12.9. The average Bonchev–Trinajstić information content (AvgIpc) is 3.14. The number of benzene rings is 1. The van der Waals surface area contributed by atoms with E-state index in [1.165, 1.54) is 6.92 Å². The second-order valence-corrected chi connectivity index (χ2v) is 6.73. The van der Waals surface area contributed by atoms with Gasteiger partial charge in [0.1, 0.15) is 0 Å². The lowest BCUT2D eigenvalue weighted by Gasteiger charge is -2.26. The molecule has 0 aliphatic carbocycles. The molecular weight excluding hydrogens is 372 g/mol. The van der Waals surface area contributed by atoms with E-state index in [2.05, 4.69) is 10.3 Å². The molecule has 3 aromatic rings. The fourth-order valence-electron chi connectivity index (χ4n) is 3.24. The van der Waals surface area contributed by atoms with Crippen molar-refractivity contribution in [3.05, 3.63) is 65.7 Å². The van der Waals surface area contributed by atoms with Gasteiger partial charge in [-0.2, -0.15) is 0 Å². The summed E-state index contributed by atoms with van der Waals surface area (Å²) in [6, 6.07) is 11.9. The molecule has 0 bridgehead atoms. The lowest BCUT2D eigenvalue weighted by molar-refractivity contribution is 0.0294. The van der Waals surface area contributed by atoms with Gasteiger partial charge in [0.05, 0.1) is 18.7 Å². The third kappa shape index (κ3) is 3.74. The van der Waals surface area contributed by atoms with E-state index in [0.29, 0.717) is 43.1 Å². The molecule has 1 aliphatic heterocycles. The summed E-state index contributed by atoms with van der Waals surface area (Å²) in [7, 11) is 0. The highest BCUT2D eigenvalue weighted by Gasteiger charge is 2.26. The Kier molecular flexibility index (Phi) is 5.09. The Morgan fingerprint density at radius 3 is 2.45 bits per heavy atom. The quantitative estimate of drug-likeness (QED) is 0.688. The van der Waals surface area contributed by atoms with Gasteiger partial charge in [-0.25, -0.2) is 4.98 Å². The van der Waals surface area contributed by atoms with Crippen molar-refractivity contribution in [2.24, 2.45) is 0 Å². The van der Waals surface area contributed by atoms with Gasteiger partial charge in [-0.1, -0.05) is 6.07 Å². The lowest BCUT2D eigenvalue weighted by Crippen LogP contribution is -2.41. The van der Waals surface area contributed by atoms with E-state index in [4.69, 9.17) is 4.74 Å². The lowest BCUT2D eigenvalue weighted by atomic mass is 10.1. The number of morpholine rings is 1. The fourth-order valence-corrected chi connectivity index (χ4v) is 3.24. The highest BCUT2D eigenvalue weighted by atomic mass is 16.5. The molecule has 2 amide bonds. The molecule has 3 heterocycles. The summed E-state index contributed by atoms with van der Waals surface area (Å²) in [5, 5.41) is 2.78. The third-order valence-electron chi connectivity index (χ3n) is 4.80. The number of hydrogen-bond donors (Lipinski definition) is 1. The Bertz CT molecular complexity index is 1080. The van der Waals surface area contributed by atoms with Crippen molar-refractivity contribution in [2.45, 2.75) is 6.92 Å². The van der Waals surface area contributed by atoms with Gasteiger partial charge in [-0.05, 0) is 43.3 Å². The van der Waals surface area contributed by atoms with Crippen molar-refractivity contribution < 1.29 is 19.1 Å². The molecule has 1 saturated heterocycles. The number of nitrogens with zero attached hydrogens (tertiary/aromatic N) is 3. The summed E-state index contributed by atoms with van der Waals surface area (Å²) in [5.41, 5.74) is 1.81. The van der Waals surface area contributed by atoms with Crippen LogP contribution in [-0.2, 0) is 4.74 Å². The number of pyridine rings is 1. The molecule has 29 heavy (non-hydrogen) atoms. The Morgan fingerprint density at radius 2 is 1.76 bits per heavy atom.